The third kappa shape index (κ3) is 3.07. The Morgan fingerprint density at radius 1 is 1.58 bits per heavy atom. The third-order valence-electron chi connectivity index (χ3n) is 2.47. The highest BCUT2D eigenvalue weighted by Gasteiger charge is 2.20. The maximum atomic E-state index is 11.9. The summed E-state index contributed by atoms with van der Waals surface area (Å²) in [7, 11) is 1.99. The lowest BCUT2D eigenvalue weighted by Gasteiger charge is -2.14. The van der Waals surface area contributed by atoms with E-state index in [0.29, 0.717) is 6.42 Å². The Balaban J connectivity index is 2.08. The Labute approximate surface area is 74.1 Å². The molecule has 1 aliphatic heterocycles. The van der Waals surface area contributed by atoms with Crippen molar-refractivity contribution >= 4 is 0 Å². The lowest BCUT2D eigenvalue weighted by Crippen LogP contribution is -2.25. The maximum Gasteiger partial charge on any atom is 0.0906 e. The van der Waals surface area contributed by atoms with Crippen molar-refractivity contribution in [3.05, 3.63) is 0 Å². The fourth-order valence-electron chi connectivity index (χ4n) is 1.85. The summed E-state index contributed by atoms with van der Waals surface area (Å²) in [6, 6.07) is 0. The standard InChI is InChI=1S/C9H19FN2/c1-11-7-9-3-6-12(8-9)5-2-4-10/h9,11H,2-8H2,1H3. The molecule has 0 aromatic carbocycles. The number of rotatable bonds is 5. The molecule has 2 nitrogen and oxygen atoms in total. The first-order chi connectivity index (χ1) is 5.86. The second-order valence-electron chi connectivity index (χ2n) is 3.56. The van der Waals surface area contributed by atoms with Gasteiger partial charge in [0.25, 0.3) is 0 Å². The van der Waals surface area contributed by atoms with E-state index in [1.807, 2.05) is 7.05 Å². The Kier molecular flexibility index (Phi) is 4.54. The molecule has 1 N–H and O–H groups in total. The van der Waals surface area contributed by atoms with Gasteiger partial charge in [-0.1, -0.05) is 0 Å². The van der Waals surface area contributed by atoms with Crippen LogP contribution in [0.3, 0.4) is 0 Å². The van der Waals surface area contributed by atoms with E-state index < -0.39 is 0 Å². The molecule has 1 atom stereocenters. The zero-order chi connectivity index (χ0) is 8.81. The fourth-order valence-corrected chi connectivity index (χ4v) is 1.85. The van der Waals surface area contributed by atoms with Crippen LogP contribution in [0.1, 0.15) is 12.8 Å². The van der Waals surface area contributed by atoms with Crippen LogP contribution < -0.4 is 5.32 Å². The summed E-state index contributed by atoms with van der Waals surface area (Å²) in [6.07, 6.45) is 1.97. The van der Waals surface area contributed by atoms with Gasteiger partial charge in [-0.05, 0) is 38.9 Å². The quantitative estimate of drug-likeness (QED) is 0.666. The minimum absolute atomic E-state index is 0.173. The van der Waals surface area contributed by atoms with E-state index in [4.69, 9.17) is 0 Å². The normalized spacial score (nSPS) is 25.0. The Hall–Kier alpha value is -0.150. The summed E-state index contributed by atoms with van der Waals surface area (Å²) in [6.45, 7) is 4.18. The number of nitrogens with one attached hydrogen (secondary N) is 1. The van der Waals surface area contributed by atoms with E-state index in [9.17, 15) is 4.39 Å². The molecule has 0 aliphatic carbocycles. The van der Waals surface area contributed by atoms with Crippen LogP contribution in [0, 0.1) is 5.92 Å². The van der Waals surface area contributed by atoms with Crippen molar-refractivity contribution in [2.24, 2.45) is 5.92 Å². The van der Waals surface area contributed by atoms with Gasteiger partial charge in [0.1, 0.15) is 0 Å². The highest BCUT2D eigenvalue weighted by atomic mass is 19.1. The third-order valence-corrected chi connectivity index (χ3v) is 2.47. The summed E-state index contributed by atoms with van der Waals surface area (Å²) in [5.41, 5.74) is 0. The number of likely N-dealkylation sites (tertiary alicyclic amines) is 1. The highest BCUT2D eigenvalue weighted by molar-refractivity contribution is 4.76. The molecule has 0 aromatic rings. The molecule has 0 bridgehead atoms. The van der Waals surface area contributed by atoms with Gasteiger partial charge < -0.3 is 10.2 Å². The molecule has 72 valence electrons. The molecule has 1 saturated heterocycles. The number of hydrogen-bond donors (Lipinski definition) is 1. The molecule has 0 spiro atoms. The molecule has 0 aromatic heterocycles. The van der Waals surface area contributed by atoms with Gasteiger partial charge >= 0.3 is 0 Å². The summed E-state index contributed by atoms with van der Waals surface area (Å²) < 4.78 is 11.9. The van der Waals surface area contributed by atoms with Gasteiger partial charge in [-0.15, -0.1) is 0 Å². The smallest absolute Gasteiger partial charge is 0.0906 e. The van der Waals surface area contributed by atoms with Gasteiger partial charge in [0.05, 0.1) is 6.67 Å². The number of halogens is 1. The number of alkyl halides is 1. The lowest BCUT2D eigenvalue weighted by molar-refractivity contribution is 0.300. The van der Waals surface area contributed by atoms with Crippen LogP contribution in [0.4, 0.5) is 4.39 Å². The van der Waals surface area contributed by atoms with E-state index in [2.05, 4.69) is 10.2 Å². The van der Waals surface area contributed by atoms with Crippen LogP contribution in [0.2, 0.25) is 0 Å². The molecule has 0 saturated carbocycles. The molecule has 12 heavy (non-hydrogen) atoms. The maximum absolute atomic E-state index is 11.9. The van der Waals surface area contributed by atoms with Crippen LogP contribution in [-0.2, 0) is 0 Å². The first-order valence-electron chi connectivity index (χ1n) is 4.79. The minimum Gasteiger partial charge on any atom is -0.319 e. The first kappa shape index (κ1) is 9.93. The van der Waals surface area contributed by atoms with E-state index in [0.717, 1.165) is 32.1 Å². The zero-order valence-corrected chi connectivity index (χ0v) is 7.85. The van der Waals surface area contributed by atoms with Crippen LogP contribution >= 0.6 is 0 Å². The van der Waals surface area contributed by atoms with Crippen molar-refractivity contribution in [2.75, 3.05) is 39.9 Å². The molecule has 1 rings (SSSR count). The van der Waals surface area contributed by atoms with Crippen molar-refractivity contribution in [2.45, 2.75) is 12.8 Å². The van der Waals surface area contributed by atoms with E-state index in [1.54, 1.807) is 0 Å². The van der Waals surface area contributed by atoms with Crippen molar-refractivity contribution in [1.29, 1.82) is 0 Å². The molecular weight excluding hydrogens is 155 g/mol. The first-order valence-corrected chi connectivity index (χ1v) is 4.79. The van der Waals surface area contributed by atoms with Gasteiger partial charge in [0.2, 0.25) is 0 Å². The van der Waals surface area contributed by atoms with Crippen molar-refractivity contribution in [1.82, 2.24) is 10.2 Å². The van der Waals surface area contributed by atoms with Crippen LogP contribution in [0.5, 0.6) is 0 Å². The zero-order valence-electron chi connectivity index (χ0n) is 7.85. The highest BCUT2D eigenvalue weighted by Crippen LogP contribution is 2.14. The lowest BCUT2D eigenvalue weighted by atomic mass is 10.1. The Morgan fingerprint density at radius 2 is 2.42 bits per heavy atom. The average Bonchev–Trinajstić information content (AvgIpc) is 2.50. The van der Waals surface area contributed by atoms with Crippen molar-refractivity contribution in [3.8, 4) is 0 Å². The predicted octanol–water partition coefficient (Wildman–Crippen LogP) is 0.887. The molecule has 1 unspecified atom stereocenters. The predicted molar refractivity (Wildman–Crippen MR) is 49.1 cm³/mol. The second kappa shape index (κ2) is 5.49. The molecule has 3 heteroatoms. The summed E-state index contributed by atoms with van der Waals surface area (Å²) in [5.74, 6) is 0.787. The Morgan fingerprint density at radius 3 is 3.08 bits per heavy atom. The molecule has 1 fully saturated rings. The SMILES string of the molecule is CNCC1CCN(CCCF)C1. The number of hydrogen-bond acceptors (Lipinski definition) is 2. The second-order valence-corrected chi connectivity index (χ2v) is 3.56. The fraction of sp³-hybridized carbons (Fsp3) is 1.00. The topological polar surface area (TPSA) is 15.3 Å². The van der Waals surface area contributed by atoms with Crippen LogP contribution in [0.25, 0.3) is 0 Å². The molecule has 0 amide bonds. The minimum atomic E-state index is -0.173. The van der Waals surface area contributed by atoms with Gasteiger partial charge in [-0.3, -0.25) is 4.39 Å². The monoisotopic (exact) mass is 174 g/mol. The van der Waals surface area contributed by atoms with Gasteiger partial charge in [0, 0.05) is 13.1 Å². The van der Waals surface area contributed by atoms with E-state index in [1.165, 1.54) is 6.42 Å². The van der Waals surface area contributed by atoms with Crippen molar-refractivity contribution < 1.29 is 4.39 Å². The van der Waals surface area contributed by atoms with Crippen LogP contribution in [-0.4, -0.2) is 44.8 Å². The Bertz CT molecular complexity index is 119. The molecular formula is C9H19FN2. The van der Waals surface area contributed by atoms with E-state index >= 15 is 0 Å². The van der Waals surface area contributed by atoms with Gasteiger partial charge in [-0.2, -0.15) is 0 Å². The van der Waals surface area contributed by atoms with Crippen molar-refractivity contribution in [3.63, 3.8) is 0 Å². The molecule has 1 aliphatic rings. The van der Waals surface area contributed by atoms with Gasteiger partial charge in [-0.25, -0.2) is 0 Å². The number of nitrogens with zero attached hydrogens (tertiary/aromatic N) is 1. The van der Waals surface area contributed by atoms with E-state index in [-0.39, 0.29) is 6.67 Å². The average molecular weight is 174 g/mol. The largest absolute Gasteiger partial charge is 0.319 e. The molecule has 0 radical (unpaired) electrons. The summed E-state index contributed by atoms with van der Waals surface area (Å²) in [5, 5.41) is 3.19. The van der Waals surface area contributed by atoms with Gasteiger partial charge in [0.15, 0.2) is 0 Å². The summed E-state index contributed by atoms with van der Waals surface area (Å²) in [4.78, 5) is 2.36. The molecule has 1 heterocycles. The van der Waals surface area contributed by atoms with Crippen LogP contribution in [0.15, 0.2) is 0 Å². The summed E-state index contributed by atoms with van der Waals surface area (Å²) >= 11 is 0.